The van der Waals surface area contributed by atoms with E-state index in [0.29, 0.717) is 13.0 Å². The van der Waals surface area contributed by atoms with Crippen molar-refractivity contribution in [3.8, 4) is 0 Å². The Morgan fingerprint density at radius 1 is 1.55 bits per heavy atom. The number of methoxy groups -OCH3 is 2. The van der Waals surface area contributed by atoms with Crippen molar-refractivity contribution in [3.63, 3.8) is 0 Å². The maximum absolute atomic E-state index is 9.07. The van der Waals surface area contributed by atoms with Crippen molar-refractivity contribution < 1.29 is 19.3 Å². The van der Waals surface area contributed by atoms with Crippen LogP contribution in [0.25, 0.3) is 0 Å². The van der Waals surface area contributed by atoms with Crippen molar-refractivity contribution in [2.24, 2.45) is 0 Å². The van der Waals surface area contributed by atoms with Crippen molar-refractivity contribution in [2.45, 2.75) is 24.9 Å². The Hall–Kier alpha value is -0.160. The Balaban J connectivity index is 2.37. The Morgan fingerprint density at radius 2 is 2.27 bits per heavy atom. The molecule has 1 aliphatic heterocycles. The summed E-state index contributed by atoms with van der Waals surface area (Å²) in [5.74, 6) is 0. The maximum atomic E-state index is 9.07. The van der Waals surface area contributed by atoms with E-state index >= 15 is 0 Å². The first kappa shape index (κ1) is 8.93. The van der Waals surface area contributed by atoms with Gasteiger partial charge in [0, 0.05) is 20.6 Å². The number of hydrogen-bond donors (Lipinski definition) is 1. The minimum absolute atomic E-state index is 0.0371. The number of hydrogen-bond acceptors (Lipinski definition) is 4. The van der Waals surface area contributed by atoms with Gasteiger partial charge < -0.3 is 19.3 Å². The Morgan fingerprint density at radius 3 is 2.82 bits per heavy atom. The van der Waals surface area contributed by atoms with Gasteiger partial charge in [-0.25, -0.2) is 0 Å². The van der Waals surface area contributed by atoms with Gasteiger partial charge in [-0.3, -0.25) is 0 Å². The van der Waals surface area contributed by atoms with Crippen LogP contribution in [0.4, 0.5) is 0 Å². The van der Waals surface area contributed by atoms with Crippen LogP contribution in [0.15, 0.2) is 0 Å². The predicted molar refractivity (Wildman–Crippen MR) is 38.2 cm³/mol. The topological polar surface area (TPSA) is 47.9 Å². The second kappa shape index (κ2) is 4.01. The van der Waals surface area contributed by atoms with Crippen molar-refractivity contribution in [1.29, 1.82) is 0 Å². The number of aliphatic hydroxyl groups is 1. The minimum Gasteiger partial charge on any atom is -0.382 e. The summed E-state index contributed by atoms with van der Waals surface area (Å²) in [5, 5.41) is 9.07. The largest absolute Gasteiger partial charge is 0.382 e. The van der Waals surface area contributed by atoms with Gasteiger partial charge in [-0.05, 0) is 0 Å². The van der Waals surface area contributed by atoms with Gasteiger partial charge in [-0.15, -0.1) is 0 Å². The van der Waals surface area contributed by atoms with Crippen molar-refractivity contribution in [2.75, 3.05) is 20.8 Å². The molecule has 0 aromatic heterocycles. The highest BCUT2D eigenvalue weighted by Crippen LogP contribution is 2.20. The molecule has 0 aromatic carbocycles. The monoisotopic (exact) mass is 162 g/mol. The van der Waals surface area contributed by atoms with E-state index < -0.39 is 6.29 Å². The molecule has 3 atom stereocenters. The van der Waals surface area contributed by atoms with Crippen molar-refractivity contribution in [1.82, 2.24) is 0 Å². The second-order valence-electron chi connectivity index (χ2n) is 2.59. The molecule has 1 fully saturated rings. The van der Waals surface area contributed by atoms with Crippen LogP contribution in [0.5, 0.6) is 0 Å². The van der Waals surface area contributed by atoms with Gasteiger partial charge in [-0.2, -0.15) is 0 Å². The molecule has 1 heterocycles. The standard InChI is InChI=1S/C7H14O4/c1-9-4-6-5(10-2)3-7(8)11-6/h5-8H,3-4H2,1-2H3/t5-,6-,7-/m1/s1. The van der Waals surface area contributed by atoms with Gasteiger partial charge in [0.25, 0.3) is 0 Å². The van der Waals surface area contributed by atoms with E-state index in [4.69, 9.17) is 19.3 Å². The van der Waals surface area contributed by atoms with Crippen LogP contribution in [-0.2, 0) is 14.2 Å². The summed E-state index contributed by atoms with van der Waals surface area (Å²) >= 11 is 0. The van der Waals surface area contributed by atoms with E-state index in [1.165, 1.54) is 0 Å². The third-order valence-electron chi connectivity index (χ3n) is 1.81. The zero-order valence-electron chi connectivity index (χ0n) is 6.82. The van der Waals surface area contributed by atoms with Crippen LogP contribution in [0.3, 0.4) is 0 Å². The molecule has 0 spiro atoms. The lowest BCUT2D eigenvalue weighted by molar-refractivity contribution is -0.113. The van der Waals surface area contributed by atoms with Gasteiger partial charge in [0.05, 0.1) is 12.7 Å². The van der Waals surface area contributed by atoms with Gasteiger partial charge >= 0.3 is 0 Å². The lowest BCUT2D eigenvalue weighted by Gasteiger charge is -2.14. The Kier molecular flexibility index (Phi) is 3.26. The third kappa shape index (κ3) is 2.13. The quantitative estimate of drug-likeness (QED) is 0.622. The van der Waals surface area contributed by atoms with Crippen LogP contribution in [0, 0.1) is 0 Å². The van der Waals surface area contributed by atoms with Crippen LogP contribution in [0.2, 0.25) is 0 Å². The summed E-state index contributed by atoms with van der Waals surface area (Å²) in [6, 6.07) is 0. The summed E-state index contributed by atoms with van der Waals surface area (Å²) < 4.78 is 15.1. The SMILES string of the molecule is COC[C@H]1O[C@@H](O)C[C@H]1OC. The number of aliphatic hydroxyl groups excluding tert-OH is 1. The van der Waals surface area contributed by atoms with Gasteiger partial charge in [0.2, 0.25) is 0 Å². The molecule has 0 aromatic rings. The highest BCUT2D eigenvalue weighted by Gasteiger charge is 2.33. The molecular weight excluding hydrogens is 148 g/mol. The molecule has 1 N–H and O–H groups in total. The molecule has 1 aliphatic rings. The second-order valence-corrected chi connectivity index (χ2v) is 2.59. The molecule has 4 nitrogen and oxygen atoms in total. The van der Waals surface area contributed by atoms with E-state index in [9.17, 15) is 0 Å². The fourth-order valence-electron chi connectivity index (χ4n) is 1.25. The summed E-state index contributed by atoms with van der Waals surface area (Å²) in [4.78, 5) is 0. The van der Waals surface area contributed by atoms with Crippen molar-refractivity contribution in [3.05, 3.63) is 0 Å². The first-order chi connectivity index (χ1) is 5.27. The lowest BCUT2D eigenvalue weighted by atomic mass is 10.2. The molecule has 0 unspecified atom stereocenters. The molecule has 0 saturated carbocycles. The van der Waals surface area contributed by atoms with Gasteiger partial charge in [0.15, 0.2) is 6.29 Å². The molecule has 1 rings (SSSR count). The van der Waals surface area contributed by atoms with Gasteiger partial charge in [-0.1, -0.05) is 0 Å². The first-order valence-corrected chi connectivity index (χ1v) is 3.63. The van der Waals surface area contributed by atoms with Crippen LogP contribution < -0.4 is 0 Å². The first-order valence-electron chi connectivity index (χ1n) is 3.63. The average Bonchev–Trinajstić information content (AvgIpc) is 2.32. The zero-order valence-corrected chi connectivity index (χ0v) is 6.82. The molecule has 0 amide bonds. The number of rotatable bonds is 3. The fourth-order valence-corrected chi connectivity index (χ4v) is 1.25. The van der Waals surface area contributed by atoms with E-state index in [1.54, 1.807) is 14.2 Å². The maximum Gasteiger partial charge on any atom is 0.157 e. The van der Waals surface area contributed by atoms with Crippen LogP contribution >= 0.6 is 0 Å². The Labute approximate surface area is 66.1 Å². The predicted octanol–water partition coefficient (Wildman–Crippen LogP) is -0.245. The normalized spacial score (nSPS) is 37.9. The molecule has 66 valence electrons. The van der Waals surface area contributed by atoms with Crippen LogP contribution in [0.1, 0.15) is 6.42 Å². The Bertz CT molecular complexity index is 117. The fraction of sp³-hybridized carbons (Fsp3) is 1.00. The summed E-state index contributed by atoms with van der Waals surface area (Å²) in [6.07, 6.45) is -0.324. The third-order valence-corrected chi connectivity index (χ3v) is 1.81. The highest BCUT2D eigenvalue weighted by molar-refractivity contribution is 4.78. The summed E-state index contributed by atoms with van der Waals surface area (Å²) in [7, 11) is 3.20. The number of ether oxygens (including phenoxy) is 3. The minimum atomic E-state index is -0.694. The van der Waals surface area contributed by atoms with E-state index in [0.717, 1.165) is 0 Å². The smallest absolute Gasteiger partial charge is 0.157 e. The molecule has 11 heavy (non-hydrogen) atoms. The molecule has 1 saturated heterocycles. The van der Waals surface area contributed by atoms with Gasteiger partial charge in [0.1, 0.15) is 6.10 Å². The molecule has 0 bridgehead atoms. The summed E-state index contributed by atoms with van der Waals surface area (Å²) in [5.41, 5.74) is 0. The van der Waals surface area contributed by atoms with Crippen molar-refractivity contribution >= 4 is 0 Å². The summed E-state index contributed by atoms with van der Waals surface area (Å²) in [6.45, 7) is 0.468. The lowest BCUT2D eigenvalue weighted by Crippen LogP contribution is -2.27. The molecule has 4 heteroatoms. The molecule has 0 aliphatic carbocycles. The highest BCUT2D eigenvalue weighted by atomic mass is 16.6. The zero-order chi connectivity index (χ0) is 8.27. The van der Waals surface area contributed by atoms with E-state index in [-0.39, 0.29) is 12.2 Å². The van der Waals surface area contributed by atoms with E-state index in [1.807, 2.05) is 0 Å². The molecular formula is C7H14O4. The van der Waals surface area contributed by atoms with Crippen LogP contribution in [-0.4, -0.2) is 44.4 Å². The van der Waals surface area contributed by atoms with E-state index in [2.05, 4.69) is 0 Å². The molecule has 0 radical (unpaired) electrons. The average molecular weight is 162 g/mol.